The molecule has 50 heavy (non-hydrogen) atoms. The van der Waals surface area contributed by atoms with Crippen molar-refractivity contribution < 1.29 is 29.3 Å². The van der Waals surface area contributed by atoms with Crippen molar-refractivity contribution in [2.24, 2.45) is 29.6 Å². The summed E-state index contributed by atoms with van der Waals surface area (Å²) in [5.74, 6) is 0.777. The summed E-state index contributed by atoms with van der Waals surface area (Å²) in [5, 5.41) is 22.7. The number of benzene rings is 2. The molecule has 0 amide bonds. The van der Waals surface area contributed by atoms with Crippen LogP contribution in [0.4, 0.5) is 0 Å². The maximum Gasteiger partial charge on any atom is 0.423 e. The van der Waals surface area contributed by atoms with Gasteiger partial charge in [-0.05, 0) is 122 Å². The van der Waals surface area contributed by atoms with Crippen molar-refractivity contribution in [2.45, 2.75) is 164 Å². The molecule has 6 nitrogen and oxygen atoms in total. The molecule has 3 rings (SSSR count). The van der Waals surface area contributed by atoms with Crippen LogP contribution in [0.3, 0.4) is 0 Å². The summed E-state index contributed by atoms with van der Waals surface area (Å²) >= 11 is 0. The lowest BCUT2D eigenvalue weighted by Gasteiger charge is -2.38. The highest BCUT2D eigenvalue weighted by Gasteiger charge is 2.36. The fourth-order valence-corrected chi connectivity index (χ4v) is 7.83. The lowest BCUT2D eigenvalue weighted by molar-refractivity contribution is -0.156. The van der Waals surface area contributed by atoms with Crippen LogP contribution in [0.2, 0.25) is 0 Å². The van der Waals surface area contributed by atoms with Gasteiger partial charge < -0.3 is 19.7 Å². The Morgan fingerprint density at radius 2 is 1.30 bits per heavy atom. The molecule has 2 aromatic rings. The highest BCUT2D eigenvalue weighted by Crippen LogP contribution is 2.50. The summed E-state index contributed by atoms with van der Waals surface area (Å²) in [5.41, 5.74) is 2.93. The SMILES string of the molecule is CCCCCc1cc(O)c(CC[C@@H](C)CCCC(C)C)c(OC(=O)C(=O)Oc2cc(CCCCC)cc(O)c2[C@@H]2C[C@H](C)CC[C@H]2C(C)C)c1. The average Bonchev–Trinajstić information content (AvgIpc) is 3.04. The van der Waals surface area contributed by atoms with Gasteiger partial charge in [-0.25, -0.2) is 9.59 Å². The average molecular weight is 693 g/mol. The Bertz CT molecular complexity index is 1360. The summed E-state index contributed by atoms with van der Waals surface area (Å²) in [6.45, 7) is 17.7. The van der Waals surface area contributed by atoms with Crippen LogP contribution in [0.15, 0.2) is 24.3 Å². The third kappa shape index (κ3) is 12.6. The predicted molar refractivity (Wildman–Crippen MR) is 204 cm³/mol. The molecule has 2 N–H and O–H groups in total. The Hall–Kier alpha value is -3.02. The van der Waals surface area contributed by atoms with Gasteiger partial charge in [0.1, 0.15) is 23.0 Å². The van der Waals surface area contributed by atoms with Crippen LogP contribution in [0.1, 0.15) is 167 Å². The van der Waals surface area contributed by atoms with Crippen LogP contribution in [0.25, 0.3) is 0 Å². The number of esters is 2. The number of carbonyl (C=O) groups is 2. The quantitative estimate of drug-likeness (QED) is 0.0659. The van der Waals surface area contributed by atoms with Gasteiger partial charge in [0.05, 0.1) is 0 Å². The van der Waals surface area contributed by atoms with E-state index in [1.165, 1.54) is 6.42 Å². The van der Waals surface area contributed by atoms with E-state index in [2.05, 4.69) is 55.4 Å². The number of rotatable bonds is 19. The summed E-state index contributed by atoms with van der Waals surface area (Å²) < 4.78 is 11.7. The van der Waals surface area contributed by atoms with Gasteiger partial charge in [0.15, 0.2) is 0 Å². The smallest absolute Gasteiger partial charge is 0.423 e. The lowest BCUT2D eigenvalue weighted by Crippen LogP contribution is -2.29. The zero-order valence-corrected chi connectivity index (χ0v) is 32.6. The second-order valence-corrected chi connectivity index (χ2v) is 16.2. The number of aryl methyl sites for hydroxylation is 2. The molecule has 0 spiro atoms. The number of hydrogen-bond donors (Lipinski definition) is 2. The van der Waals surface area contributed by atoms with Crippen LogP contribution in [-0.2, 0) is 28.9 Å². The maximum atomic E-state index is 13.6. The van der Waals surface area contributed by atoms with Crippen molar-refractivity contribution in [3.05, 3.63) is 46.5 Å². The zero-order valence-electron chi connectivity index (χ0n) is 32.6. The fourth-order valence-electron chi connectivity index (χ4n) is 7.83. The molecule has 1 aliphatic carbocycles. The predicted octanol–water partition coefficient (Wildman–Crippen LogP) is 11.6. The van der Waals surface area contributed by atoms with Gasteiger partial charge in [-0.2, -0.15) is 0 Å². The van der Waals surface area contributed by atoms with E-state index in [9.17, 15) is 19.8 Å². The molecular formula is C44H68O6. The molecule has 0 aliphatic heterocycles. The summed E-state index contributed by atoms with van der Waals surface area (Å²) in [4.78, 5) is 27.2. The highest BCUT2D eigenvalue weighted by molar-refractivity contribution is 6.31. The lowest BCUT2D eigenvalue weighted by atomic mass is 9.67. The van der Waals surface area contributed by atoms with Crippen LogP contribution in [0.5, 0.6) is 23.0 Å². The number of phenols is 2. The molecule has 1 fully saturated rings. The second-order valence-electron chi connectivity index (χ2n) is 16.2. The van der Waals surface area contributed by atoms with E-state index in [0.717, 1.165) is 101 Å². The van der Waals surface area contributed by atoms with E-state index < -0.39 is 11.9 Å². The van der Waals surface area contributed by atoms with E-state index in [-0.39, 0.29) is 28.9 Å². The Morgan fingerprint density at radius 3 is 1.88 bits per heavy atom. The van der Waals surface area contributed by atoms with Crippen LogP contribution < -0.4 is 9.47 Å². The van der Waals surface area contributed by atoms with E-state index in [1.807, 2.05) is 18.2 Å². The summed E-state index contributed by atoms with van der Waals surface area (Å²) in [7, 11) is 0. The fraction of sp³-hybridized carbons (Fsp3) is 0.682. The minimum Gasteiger partial charge on any atom is -0.508 e. The number of carbonyl (C=O) groups excluding carboxylic acids is 2. The highest BCUT2D eigenvalue weighted by atomic mass is 16.6. The van der Waals surface area contributed by atoms with Crippen molar-refractivity contribution >= 4 is 11.9 Å². The van der Waals surface area contributed by atoms with E-state index in [4.69, 9.17) is 9.47 Å². The first-order valence-electron chi connectivity index (χ1n) is 20.0. The van der Waals surface area contributed by atoms with E-state index in [1.54, 1.807) is 6.07 Å². The number of phenolic OH excluding ortho intramolecular Hbond substituents is 2. The molecule has 4 atom stereocenters. The molecule has 0 radical (unpaired) electrons. The second kappa shape index (κ2) is 20.7. The van der Waals surface area contributed by atoms with Gasteiger partial charge in [-0.15, -0.1) is 0 Å². The molecular weight excluding hydrogens is 624 g/mol. The molecule has 6 heteroatoms. The van der Waals surface area contributed by atoms with Crippen molar-refractivity contribution in [2.75, 3.05) is 0 Å². The monoisotopic (exact) mass is 693 g/mol. The van der Waals surface area contributed by atoms with Crippen molar-refractivity contribution in [3.63, 3.8) is 0 Å². The van der Waals surface area contributed by atoms with Gasteiger partial charge in [-0.1, -0.05) is 107 Å². The largest absolute Gasteiger partial charge is 0.508 e. The molecule has 0 heterocycles. The van der Waals surface area contributed by atoms with E-state index >= 15 is 0 Å². The van der Waals surface area contributed by atoms with Gasteiger partial charge in [-0.3, -0.25) is 0 Å². The molecule has 0 saturated heterocycles. The topological polar surface area (TPSA) is 93.1 Å². The normalized spacial score (nSPS) is 18.4. The molecule has 280 valence electrons. The Labute approximate surface area is 303 Å². The Balaban J connectivity index is 1.91. The van der Waals surface area contributed by atoms with Gasteiger partial charge in [0.25, 0.3) is 0 Å². The summed E-state index contributed by atoms with van der Waals surface area (Å²) in [6, 6.07) is 7.25. The molecule has 0 bridgehead atoms. The standard InChI is InChI=1S/C44H68O6/c1-9-11-13-18-33-25-38(45)36(23-20-31(7)17-15-16-29(3)4)40(27-33)49-43(47)44(48)50-41-28-34(19-14-12-10-2)26-39(46)42(41)37-24-32(8)21-22-35(37)30(5)6/h25-32,35,37,45-46H,9-24H2,1-8H3/t31-,32+,35-,37+/m0/s1. The molecule has 0 unspecified atom stereocenters. The van der Waals surface area contributed by atoms with Crippen molar-refractivity contribution in [1.82, 2.24) is 0 Å². The number of ether oxygens (including phenoxy) is 2. The molecule has 0 aromatic heterocycles. The molecule has 1 aliphatic rings. The van der Waals surface area contributed by atoms with Crippen LogP contribution >= 0.6 is 0 Å². The zero-order chi connectivity index (χ0) is 36.8. The number of hydrogen-bond acceptors (Lipinski definition) is 6. The minimum atomic E-state index is -1.12. The number of aromatic hydroxyl groups is 2. The number of unbranched alkanes of at least 4 members (excludes halogenated alkanes) is 4. The first-order chi connectivity index (χ1) is 23.8. The van der Waals surface area contributed by atoms with Crippen molar-refractivity contribution in [3.8, 4) is 23.0 Å². The van der Waals surface area contributed by atoms with Crippen molar-refractivity contribution in [1.29, 1.82) is 0 Å². The van der Waals surface area contributed by atoms with Gasteiger partial charge in [0, 0.05) is 11.1 Å². The third-order valence-electron chi connectivity index (χ3n) is 10.9. The van der Waals surface area contributed by atoms with Gasteiger partial charge in [0.2, 0.25) is 0 Å². The Kier molecular flexibility index (Phi) is 17.2. The molecule has 2 aromatic carbocycles. The van der Waals surface area contributed by atoms with Crippen LogP contribution in [-0.4, -0.2) is 22.2 Å². The Morgan fingerprint density at radius 1 is 0.720 bits per heavy atom. The van der Waals surface area contributed by atoms with Gasteiger partial charge >= 0.3 is 11.9 Å². The minimum absolute atomic E-state index is 0.00754. The maximum absolute atomic E-state index is 13.6. The first kappa shape index (κ1) is 41.4. The van der Waals surface area contributed by atoms with E-state index in [0.29, 0.717) is 47.1 Å². The third-order valence-corrected chi connectivity index (χ3v) is 10.9. The molecule has 1 saturated carbocycles. The summed E-state index contributed by atoms with van der Waals surface area (Å²) in [6.07, 6.45) is 15.5. The first-order valence-corrected chi connectivity index (χ1v) is 20.0. The van der Waals surface area contributed by atoms with Crippen LogP contribution in [0, 0.1) is 29.6 Å².